The van der Waals surface area contributed by atoms with E-state index in [1.807, 2.05) is 12.1 Å². The second-order valence-electron chi connectivity index (χ2n) is 7.23. The van der Waals surface area contributed by atoms with Crippen LogP contribution in [0.5, 0.6) is 0 Å². The molecular formula is C24H19ClN2O3. The van der Waals surface area contributed by atoms with Crippen LogP contribution in [0.4, 0.5) is 0 Å². The van der Waals surface area contributed by atoms with E-state index < -0.39 is 0 Å². The molecule has 30 heavy (non-hydrogen) atoms. The summed E-state index contributed by atoms with van der Waals surface area (Å²) in [5, 5.41) is 0.647. The molecule has 0 fully saturated rings. The van der Waals surface area contributed by atoms with Gasteiger partial charge in [0.2, 0.25) is 0 Å². The number of halogens is 1. The van der Waals surface area contributed by atoms with Gasteiger partial charge in [-0.3, -0.25) is 19.3 Å². The number of hydrogen-bond donors (Lipinski definition) is 0. The van der Waals surface area contributed by atoms with Crippen LogP contribution >= 0.6 is 11.6 Å². The number of benzene rings is 3. The maximum Gasteiger partial charge on any atom is 0.261 e. The molecule has 3 amide bonds. The summed E-state index contributed by atoms with van der Waals surface area (Å²) >= 11 is 5.91. The first kappa shape index (κ1) is 19.9. The molecule has 0 aliphatic carbocycles. The van der Waals surface area contributed by atoms with Crippen molar-refractivity contribution in [1.82, 2.24) is 9.80 Å². The van der Waals surface area contributed by atoms with Crippen LogP contribution in [0.1, 0.15) is 42.2 Å². The highest BCUT2D eigenvalue weighted by Gasteiger charge is 2.35. The molecule has 0 aromatic heterocycles. The molecule has 6 heteroatoms. The lowest BCUT2D eigenvalue weighted by molar-refractivity contribution is 0.0642. The van der Waals surface area contributed by atoms with Crippen LogP contribution in [0, 0.1) is 0 Å². The van der Waals surface area contributed by atoms with Gasteiger partial charge in [0.05, 0.1) is 17.7 Å². The Bertz CT molecular complexity index is 1110. The van der Waals surface area contributed by atoms with Gasteiger partial charge >= 0.3 is 0 Å². The van der Waals surface area contributed by atoms with Gasteiger partial charge in [-0.25, -0.2) is 0 Å². The first-order valence-electron chi connectivity index (χ1n) is 9.48. The molecule has 1 aliphatic rings. The van der Waals surface area contributed by atoms with Gasteiger partial charge in [-0.2, -0.15) is 0 Å². The first-order chi connectivity index (χ1) is 14.4. The van der Waals surface area contributed by atoms with Crippen LogP contribution in [0.15, 0.2) is 72.8 Å². The van der Waals surface area contributed by atoms with Gasteiger partial charge in [0, 0.05) is 24.2 Å². The zero-order chi connectivity index (χ0) is 21.3. The van der Waals surface area contributed by atoms with E-state index in [1.165, 1.54) is 4.90 Å². The monoisotopic (exact) mass is 418 g/mol. The van der Waals surface area contributed by atoms with E-state index in [2.05, 4.69) is 0 Å². The molecule has 0 bridgehead atoms. The summed E-state index contributed by atoms with van der Waals surface area (Å²) < 4.78 is 0. The second-order valence-corrected chi connectivity index (χ2v) is 7.67. The van der Waals surface area contributed by atoms with Crippen LogP contribution in [0.2, 0.25) is 5.02 Å². The maximum atomic E-state index is 12.9. The topological polar surface area (TPSA) is 57.7 Å². The molecular weight excluding hydrogens is 400 g/mol. The van der Waals surface area contributed by atoms with Crippen molar-refractivity contribution in [2.45, 2.75) is 13.1 Å². The van der Waals surface area contributed by atoms with Gasteiger partial charge in [0.15, 0.2) is 0 Å². The van der Waals surface area contributed by atoms with Gasteiger partial charge in [0.25, 0.3) is 17.7 Å². The fourth-order valence-corrected chi connectivity index (χ4v) is 3.65. The SMILES string of the molecule is CN(Cc1ccc(Cl)cc1)C(=O)c1cccc(CN2C(=O)c3ccccc3C2=O)c1. The van der Waals surface area contributed by atoms with Crippen molar-refractivity contribution < 1.29 is 14.4 Å². The molecule has 150 valence electrons. The van der Waals surface area contributed by atoms with Crippen molar-refractivity contribution in [3.8, 4) is 0 Å². The zero-order valence-electron chi connectivity index (χ0n) is 16.3. The smallest absolute Gasteiger partial charge is 0.261 e. The third-order valence-electron chi connectivity index (χ3n) is 5.07. The van der Waals surface area contributed by atoms with Crippen molar-refractivity contribution in [3.63, 3.8) is 0 Å². The third kappa shape index (κ3) is 3.84. The molecule has 4 rings (SSSR count). The van der Waals surface area contributed by atoms with Crippen LogP contribution in [0.25, 0.3) is 0 Å². The third-order valence-corrected chi connectivity index (χ3v) is 5.32. The van der Waals surface area contributed by atoms with Crippen LogP contribution in [-0.4, -0.2) is 34.6 Å². The Morgan fingerprint density at radius 1 is 0.867 bits per heavy atom. The van der Waals surface area contributed by atoms with E-state index in [4.69, 9.17) is 11.6 Å². The molecule has 1 heterocycles. The van der Waals surface area contributed by atoms with E-state index in [0.717, 1.165) is 11.1 Å². The summed E-state index contributed by atoms with van der Waals surface area (Å²) in [7, 11) is 1.73. The van der Waals surface area contributed by atoms with Crippen molar-refractivity contribution in [2.24, 2.45) is 0 Å². The second kappa shape index (κ2) is 8.13. The van der Waals surface area contributed by atoms with Crippen molar-refractivity contribution in [2.75, 3.05) is 7.05 Å². The van der Waals surface area contributed by atoms with E-state index in [-0.39, 0.29) is 24.3 Å². The Labute approximate surface area is 179 Å². The molecule has 5 nitrogen and oxygen atoms in total. The number of hydrogen-bond acceptors (Lipinski definition) is 3. The minimum atomic E-state index is -0.313. The fraction of sp³-hybridized carbons (Fsp3) is 0.125. The Balaban J connectivity index is 1.49. The van der Waals surface area contributed by atoms with Gasteiger partial charge in [-0.1, -0.05) is 48.0 Å². The lowest BCUT2D eigenvalue weighted by Gasteiger charge is -2.19. The van der Waals surface area contributed by atoms with Crippen molar-refractivity contribution in [1.29, 1.82) is 0 Å². The molecule has 1 aliphatic heterocycles. The summed E-state index contributed by atoms with van der Waals surface area (Å²) in [6, 6.07) is 21.1. The van der Waals surface area contributed by atoms with Crippen molar-refractivity contribution >= 4 is 29.3 Å². The van der Waals surface area contributed by atoms with Gasteiger partial charge in [-0.05, 0) is 47.5 Å². The number of amides is 3. The lowest BCUT2D eigenvalue weighted by Crippen LogP contribution is -2.29. The molecule has 0 radical (unpaired) electrons. The molecule has 3 aromatic rings. The normalized spacial score (nSPS) is 12.8. The van der Waals surface area contributed by atoms with Crippen LogP contribution < -0.4 is 0 Å². The number of fused-ring (bicyclic) bond motifs is 1. The van der Waals surface area contributed by atoms with Gasteiger partial charge in [0.1, 0.15) is 0 Å². The zero-order valence-corrected chi connectivity index (χ0v) is 17.1. The number of nitrogens with zero attached hydrogens (tertiary/aromatic N) is 2. The van der Waals surface area contributed by atoms with E-state index in [9.17, 15) is 14.4 Å². The number of carbonyl (C=O) groups is 3. The molecule has 0 atom stereocenters. The van der Waals surface area contributed by atoms with E-state index in [1.54, 1.807) is 72.6 Å². The van der Waals surface area contributed by atoms with Crippen LogP contribution in [0.3, 0.4) is 0 Å². The molecule has 0 unspecified atom stereocenters. The minimum absolute atomic E-state index is 0.119. The number of carbonyl (C=O) groups excluding carboxylic acids is 3. The predicted octanol–water partition coefficient (Wildman–Crippen LogP) is 4.41. The summed E-state index contributed by atoms with van der Waals surface area (Å²) in [6.07, 6.45) is 0. The Morgan fingerprint density at radius 2 is 1.50 bits per heavy atom. The predicted molar refractivity (Wildman–Crippen MR) is 114 cm³/mol. The lowest BCUT2D eigenvalue weighted by atomic mass is 10.1. The minimum Gasteiger partial charge on any atom is -0.337 e. The summed E-state index contributed by atoms with van der Waals surface area (Å²) in [5.74, 6) is -0.770. The number of rotatable bonds is 5. The quantitative estimate of drug-likeness (QED) is 0.577. The highest BCUT2D eigenvalue weighted by molar-refractivity contribution is 6.30. The van der Waals surface area contributed by atoms with Crippen molar-refractivity contribution in [3.05, 3.63) is 106 Å². The molecule has 0 saturated carbocycles. The Hall–Kier alpha value is -3.44. The highest BCUT2D eigenvalue weighted by atomic mass is 35.5. The fourth-order valence-electron chi connectivity index (χ4n) is 3.52. The largest absolute Gasteiger partial charge is 0.337 e. The van der Waals surface area contributed by atoms with Gasteiger partial charge in [-0.15, -0.1) is 0 Å². The van der Waals surface area contributed by atoms with Crippen LogP contribution in [-0.2, 0) is 13.1 Å². The maximum absolute atomic E-state index is 12.9. The van der Waals surface area contributed by atoms with E-state index >= 15 is 0 Å². The van der Waals surface area contributed by atoms with Gasteiger partial charge < -0.3 is 4.90 Å². The first-order valence-corrected chi connectivity index (χ1v) is 9.86. The summed E-state index contributed by atoms with van der Waals surface area (Å²) in [6.45, 7) is 0.563. The molecule has 0 saturated heterocycles. The summed E-state index contributed by atoms with van der Waals surface area (Å²) in [4.78, 5) is 40.9. The average molecular weight is 419 g/mol. The Morgan fingerprint density at radius 3 is 2.13 bits per heavy atom. The highest BCUT2D eigenvalue weighted by Crippen LogP contribution is 2.24. The molecule has 0 spiro atoms. The summed E-state index contributed by atoms with van der Waals surface area (Å²) in [5.41, 5.74) is 3.02. The van der Waals surface area contributed by atoms with E-state index in [0.29, 0.717) is 28.3 Å². The Kier molecular flexibility index (Phi) is 5.38. The molecule has 0 N–H and O–H groups in total. The average Bonchev–Trinajstić information content (AvgIpc) is 3.00. The number of imide groups is 1. The standard InChI is InChI=1S/C24H19ClN2O3/c1-26(14-16-9-11-19(25)12-10-16)22(28)18-6-4-5-17(13-18)15-27-23(29)20-7-2-3-8-21(20)24(27)30/h2-13H,14-15H2,1H3. The molecule has 3 aromatic carbocycles.